The van der Waals surface area contributed by atoms with Gasteiger partial charge in [-0.3, -0.25) is 0 Å². The highest BCUT2D eigenvalue weighted by Crippen LogP contribution is 2.33. The number of carbonyl (C=O) groups excluding carboxylic acids is 1. The lowest BCUT2D eigenvalue weighted by Gasteiger charge is -2.35. The quantitative estimate of drug-likeness (QED) is 0.405. The van der Waals surface area contributed by atoms with Gasteiger partial charge in [-0.1, -0.05) is 25.8 Å². The van der Waals surface area contributed by atoms with Gasteiger partial charge in [-0.15, -0.1) is 0 Å². The first-order valence-electron chi connectivity index (χ1n) is 13.4. The summed E-state index contributed by atoms with van der Waals surface area (Å²) >= 11 is 0. The predicted molar refractivity (Wildman–Crippen MR) is 131 cm³/mol. The van der Waals surface area contributed by atoms with Crippen molar-refractivity contribution in [2.24, 2.45) is 17.8 Å². The van der Waals surface area contributed by atoms with Crippen LogP contribution in [0.1, 0.15) is 104 Å². The standard InChI is InChI=1S/C27H48N2O3/c1-20(31-24-12-8-9-13-24)25(23-10-6-5-7-11-23)28-18-21-14-16-22(17-15-21)19-29-26(30)32-27(2,3)4/h21-25,28H,1,5-19H2,2-4H3,(H,29,30)/t21?,22?,25-/m1/s1. The first-order chi connectivity index (χ1) is 15.3. The van der Waals surface area contributed by atoms with Gasteiger partial charge in [-0.2, -0.15) is 0 Å². The van der Waals surface area contributed by atoms with E-state index in [9.17, 15) is 4.79 Å². The molecule has 0 heterocycles. The smallest absolute Gasteiger partial charge is 0.407 e. The fourth-order valence-electron chi connectivity index (χ4n) is 5.78. The van der Waals surface area contributed by atoms with Crippen LogP contribution in [0.5, 0.6) is 0 Å². The number of amides is 1. The highest BCUT2D eigenvalue weighted by molar-refractivity contribution is 5.67. The van der Waals surface area contributed by atoms with Crippen LogP contribution in [-0.4, -0.2) is 36.9 Å². The van der Waals surface area contributed by atoms with Crippen molar-refractivity contribution in [3.63, 3.8) is 0 Å². The van der Waals surface area contributed by atoms with Crippen molar-refractivity contribution >= 4 is 6.09 Å². The van der Waals surface area contributed by atoms with Gasteiger partial charge in [0, 0.05) is 6.54 Å². The molecule has 0 radical (unpaired) electrons. The van der Waals surface area contributed by atoms with E-state index in [-0.39, 0.29) is 6.09 Å². The number of hydrogen-bond acceptors (Lipinski definition) is 4. The van der Waals surface area contributed by atoms with Gasteiger partial charge in [-0.05, 0) is 109 Å². The molecule has 0 spiro atoms. The van der Waals surface area contributed by atoms with Crippen molar-refractivity contribution in [1.82, 2.24) is 10.6 Å². The minimum Gasteiger partial charge on any atom is -0.494 e. The van der Waals surface area contributed by atoms with E-state index in [1.807, 2.05) is 20.8 Å². The average Bonchev–Trinajstić information content (AvgIpc) is 3.26. The summed E-state index contributed by atoms with van der Waals surface area (Å²) in [5.74, 6) is 2.94. The topological polar surface area (TPSA) is 59.6 Å². The van der Waals surface area contributed by atoms with Crippen molar-refractivity contribution in [1.29, 1.82) is 0 Å². The van der Waals surface area contributed by atoms with Crippen molar-refractivity contribution in [2.75, 3.05) is 13.1 Å². The van der Waals surface area contributed by atoms with Crippen LogP contribution >= 0.6 is 0 Å². The van der Waals surface area contributed by atoms with Crippen LogP contribution in [0.25, 0.3) is 0 Å². The van der Waals surface area contributed by atoms with E-state index < -0.39 is 5.60 Å². The maximum atomic E-state index is 11.9. The molecule has 32 heavy (non-hydrogen) atoms. The summed E-state index contributed by atoms with van der Waals surface area (Å²) in [5, 5.41) is 6.87. The molecule has 0 aromatic carbocycles. The molecule has 2 N–H and O–H groups in total. The molecule has 0 saturated heterocycles. The van der Waals surface area contributed by atoms with E-state index >= 15 is 0 Å². The van der Waals surface area contributed by atoms with E-state index in [0.717, 1.165) is 18.8 Å². The number of hydrogen-bond donors (Lipinski definition) is 2. The molecule has 0 unspecified atom stereocenters. The van der Waals surface area contributed by atoms with Crippen LogP contribution in [0, 0.1) is 17.8 Å². The summed E-state index contributed by atoms with van der Waals surface area (Å²) in [6, 6.07) is 0.308. The minimum atomic E-state index is -0.437. The van der Waals surface area contributed by atoms with Gasteiger partial charge in [0.15, 0.2) is 0 Å². The lowest BCUT2D eigenvalue weighted by Crippen LogP contribution is -2.43. The lowest BCUT2D eigenvalue weighted by molar-refractivity contribution is 0.0513. The molecule has 184 valence electrons. The van der Waals surface area contributed by atoms with E-state index in [1.54, 1.807) is 0 Å². The molecule has 0 aromatic heterocycles. The van der Waals surface area contributed by atoms with Gasteiger partial charge in [0.05, 0.1) is 12.1 Å². The Bertz CT molecular complexity index is 580. The normalized spacial score (nSPS) is 26.5. The van der Waals surface area contributed by atoms with Crippen LogP contribution in [-0.2, 0) is 9.47 Å². The monoisotopic (exact) mass is 448 g/mol. The molecule has 0 bridgehead atoms. The van der Waals surface area contributed by atoms with Crippen LogP contribution in [0.2, 0.25) is 0 Å². The second-order valence-electron chi connectivity index (χ2n) is 11.5. The summed E-state index contributed by atoms with van der Waals surface area (Å²) in [6.45, 7) is 11.9. The second-order valence-corrected chi connectivity index (χ2v) is 11.5. The number of nitrogens with one attached hydrogen (secondary N) is 2. The zero-order chi connectivity index (χ0) is 23.0. The molecule has 5 heteroatoms. The van der Waals surface area contributed by atoms with Crippen LogP contribution < -0.4 is 10.6 Å². The van der Waals surface area contributed by atoms with Gasteiger partial charge >= 0.3 is 6.09 Å². The van der Waals surface area contributed by atoms with Gasteiger partial charge in [0.25, 0.3) is 0 Å². The fourth-order valence-corrected chi connectivity index (χ4v) is 5.78. The van der Waals surface area contributed by atoms with Crippen LogP contribution in [0.15, 0.2) is 12.3 Å². The Balaban J connectivity index is 1.40. The van der Waals surface area contributed by atoms with Crippen LogP contribution in [0.3, 0.4) is 0 Å². The molecule has 0 aromatic rings. The maximum absolute atomic E-state index is 11.9. The van der Waals surface area contributed by atoms with Gasteiger partial charge in [0.2, 0.25) is 0 Å². The first kappa shape index (κ1) is 25.4. The summed E-state index contributed by atoms with van der Waals surface area (Å²) in [4.78, 5) is 11.9. The Morgan fingerprint density at radius 1 is 0.875 bits per heavy atom. The van der Waals surface area contributed by atoms with E-state index in [2.05, 4.69) is 17.2 Å². The zero-order valence-corrected chi connectivity index (χ0v) is 20.9. The minimum absolute atomic E-state index is 0.294. The fraction of sp³-hybridized carbons (Fsp3) is 0.889. The highest BCUT2D eigenvalue weighted by Gasteiger charge is 2.30. The third-order valence-electron chi connectivity index (χ3n) is 7.62. The second kappa shape index (κ2) is 12.3. The maximum Gasteiger partial charge on any atom is 0.407 e. The summed E-state index contributed by atoms with van der Waals surface area (Å²) in [6.07, 6.45) is 16.5. The molecule has 3 saturated carbocycles. The molecule has 1 atom stereocenters. The zero-order valence-electron chi connectivity index (χ0n) is 20.9. The number of rotatable bonds is 9. The van der Waals surface area contributed by atoms with Gasteiger partial charge in [-0.25, -0.2) is 4.79 Å². The van der Waals surface area contributed by atoms with Crippen molar-refractivity contribution in [3.8, 4) is 0 Å². The van der Waals surface area contributed by atoms with Crippen LogP contribution in [0.4, 0.5) is 4.79 Å². The van der Waals surface area contributed by atoms with Gasteiger partial charge < -0.3 is 20.1 Å². The molecular weight excluding hydrogens is 400 g/mol. The van der Waals surface area contributed by atoms with Crippen molar-refractivity contribution in [3.05, 3.63) is 12.3 Å². The SMILES string of the molecule is C=C(OC1CCCC1)[C@@H](NCC1CCC(CNC(=O)OC(C)(C)C)CC1)C1CCCCC1. The number of carbonyl (C=O) groups is 1. The third-order valence-corrected chi connectivity index (χ3v) is 7.62. The lowest BCUT2D eigenvalue weighted by atomic mass is 9.80. The molecule has 3 aliphatic rings. The van der Waals surface area contributed by atoms with E-state index in [0.29, 0.717) is 29.9 Å². The summed E-state index contributed by atoms with van der Waals surface area (Å²) in [5.41, 5.74) is -0.437. The Hall–Kier alpha value is -1.23. The largest absolute Gasteiger partial charge is 0.494 e. The predicted octanol–water partition coefficient (Wildman–Crippen LogP) is 6.33. The molecule has 1 amide bonds. The average molecular weight is 449 g/mol. The molecule has 5 nitrogen and oxygen atoms in total. The number of alkyl carbamates (subject to hydrolysis) is 1. The van der Waals surface area contributed by atoms with Gasteiger partial charge in [0.1, 0.15) is 11.4 Å². The Morgan fingerprint density at radius 2 is 1.44 bits per heavy atom. The molecule has 0 aliphatic heterocycles. The molecule has 3 rings (SSSR count). The molecule has 3 aliphatic carbocycles. The Kier molecular flexibility index (Phi) is 9.76. The Morgan fingerprint density at radius 3 is 2.03 bits per heavy atom. The summed E-state index contributed by atoms with van der Waals surface area (Å²) in [7, 11) is 0. The Labute approximate surface area is 196 Å². The summed E-state index contributed by atoms with van der Waals surface area (Å²) < 4.78 is 11.7. The molecule has 3 fully saturated rings. The van der Waals surface area contributed by atoms with Crippen molar-refractivity contribution < 1.29 is 14.3 Å². The third kappa shape index (κ3) is 8.61. The van der Waals surface area contributed by atoms with E-state index in [4.69, 9.17) is 9.47 Å². The first-order valence-corrected chi connectivity index (χ1v) is 13.4. The number of ether oxygens (including phenoxy) is 2. The highest BCUT2D eigenvalue weighted by atomic mass is 16.6. The molecular formula is C27H48N2O3. The van der Waals surface area contributed by atoms with Crippen molar-refractivity contribution in [2.45, 2.75) is 122 Å². The van der Waals surface area contributed by atoms with E-state index in [1.165, 1.54) is 83.5 Å².